The van der Waals surface area contributed by atoms with Crippen LogP contribution in [0.2, 0.25) is 0 Å². The highest BCUT2D eigenvalue weighted by Gasteiger charge is 2.13. The summed E-state index contributed by atoms with van der Waals surface area (Å²) in [4.78, 5) is 12.2. The highest BCUT2D eigenvalue weighted by molar-refractivity contribution is 5.92. The molecule has 1 aliphatic rings. The minimum Gasteiger partial charge on any atom is -0.497 e. The Morgan fingerprint density at radius 1 is 1.20 bits per heavy atom. The van der Waals surface area contributed by atoms with Crippen LogP contribution in [-0.2, 0) is 4.79 Å². The van der Waals surface area contributed by atoms with Gasteiger partial charge in [0.25, 0.3) is 0 Å². The summed E-state index contributed by atoms with van der Waals surface area (Å²) in [5.74, 6) is 2.09. The van der Waals surface area contributed by atoms with E-state index in [1.165, 1.54) is 6.08 Å². The number of hydrogen-bond acceptors (Lipinski definition) is 4. The third kappa shape index (κ3) is 4.12. The third-order valence-electron chi connectivity index (χ3n) is 4.07. The molecule has 130 valence electrons. The fourth-order valence-corrected chi connectivity index (χ4v) is 2.67. The second kappa shape index (κ2) is 7.75. The fraction of sp³-hybridized carbons (Fsp3) is 0.250. The summed E-state index contributed by atoms with van der Waals surface area (Å²) in [7, 11) is 1.63. The van der Waals surface area contributed by atoms with Crippen molar-refractivity contribution in [2.24, 2.45) is 0 Å². The zero-order valence-corrected chi connectivity index (χ0v) is 14.3. The van der Waals surface area contributed by atoms with Crippen LogP contribution in [-0.4, -0.2) is 19.8 Å². The molecule has 2 aromatic rings. The summed E-state index contributed by atoms with van der Waals surface area (Å²) in [5.41, 5.74) is 1.94. The number of carbonyl (C=O) groups excluding carboxylic acids is 1. The molecule has 0 aliphatic carbocycles. The highest BCUT2D eigenvalue weighted by Crippen LogP contribution is 2.32. The molecular weight excluding hydrogens is 318 g/mol. The van der Waals surface area contributed by atoms with Gasteiger partial charge in [0.05, 0.1) is 13.2 Å². The number of nitrogens with one attached hydrogen (secondary N) is 1. The maximum atomic E-state index is 12.2. The smallest absolute Gasteiger partial charge is 0.244 e. The number of benzene rings is 2. The molecule has 25 heavy (non-hydrogen) atoms. The molecule has 1 aliphatic heterocycles. The van der Waals surface area contributed by atoms with Crippen LogP contribution in [0, 0.1) is 0 Å². The van der Waals surface area contributed by atoms with Crippen LogP contribution in [0.5, 0.6) is 17.2 Å². The van der Waals surface area contributed by atoms with Crippen molar-refractivity contribution in [3.05, 3.63) is 59.7 Å². The van der Waals surface area contributed by atoms with Crippen LogP contribution in [0.4, 0.5) is 0 Å². The van der Waals surface area contributed by atoms with Crippen LogP contribution in [0.15, 0.2) is 48.5 Å². The topological polar surface area (TPSA) is 56.8 Å². The summed E-state index contributed by atoms with van der Waals surface area (Å²) < 4.78 is 15.8. The molecule has 0 spiro atoms. The second-order valence-corrected chi connectivity index (χ2v) is 5.69. The first-order chi connectivity index (χ1) is 12.2. The normalized spacial score (nSPS) is 13.7. The van der Waals surface area contributed by atoms with E-state index in [0.29, 0.717) is 5.75 Å². The highest BCUT2D eigenvalue weighted by atomic mass is 16.7. The van der Waals surface area contributed by atoms with Gasteiger partial charge in [-0.05, 0) is 47.9 Å². The maximum absolute atomic E-state index is 12.2. The number of ether oxygens (including phenoxy) is 3. The molecule has 1 heterocycles. The van der Waals surface area contributed by atoms with Gasteiger partial charge in [0.2, 0.25) is 12.7 Å². The van der Waals surface area contributed by atoms with E-state index < -0.39 is 0 Å². The summed E-state index contributed by atoms with van der Waals surface area (Å²) in [6.45, 7) is 2.28. The summed E-state index contributed by atoms with van der Waals surface area (Å²) in [6, 6.07) is 13.3. The third-order valence-corrected chi connectivity index (χ3v) is 4.07. The molecule has 0 radical (unpaired) electrons. The average Bonchev–Trinajstić information content (AvgIpc) is 3.12. The predicted molar refractivity (Wildman–Crippen MR) is 95.8 cm³/mol. The van der Waals surface area contributed by atoms with E-state index in [1.807, 2.05) is 49.4 Å². The molecule has 1 N–H and O–H groups in total. The Labute approximate surface area is 147 Å². The molecule has 0 fully saturated rings. The van der Waals surface area contributed by atoms with E-state index in [2.05, 4.69) is 5.32 Å². The summed E-state index contributed by atoms with van der Waals surface area (Å²) in [5, 5.41) is 3.02. The largest absolute Gasteiger partial charge is 0.497 e. The minimum absolute atomic E-state index is 0.0418. The number of amides is 1. The van der Waals surface area contributed by atoms with Crippen LogP contribution >= 0.6 is 0 Å². The van der Waals surface area contributed by atoms with Gasteiger partial charge in [-0.2, -0.15) is 0 Å². The van der Waals surface area contributed by atoms with Gasteiger partial charge >= 0.3 is 0 Å². The Morgan fingerprint density at radius 3 is 2.68 bits per heavy atom. The number of hydrogen-bond donors (Lipinski definition) is 1. The van der Waals surface area contributed by atoms with Crippen molar-refractivity contribution in [1.82, 2.24) is 5.32 Å². The fourth-order valence-electron chi connectivity index (χ4n) is 2.67. The van der Waals surface area contributed by atoms with Crippen LogP contribution in [0.1, 0.15) is 30.5 Å². The Hall–Kier alpha value is -2.95. The van der Waals surface area contributed by atoms with E-state index in [1.54, 1.807) is 13.2 Å². The van der Waals surface area contributed by atoms with Crippen molar-refractivity contribution in [3.8, 4) is 17.2 Å². The van der Waals surface area contributed by atoms with Gasteiger partial charge in [-0.1, -0.05) is 25.1 Å². The standard InChI is InChI=1S/C20H21NO4/c1-3-17(15-6-8-16(23-2)9-7-15)21-20(22)11-5-14-4-10-18-19(12-14)25-13-24-18/h4-12,17H,3,13H2,1-2H3,(H,21,22)/b11-5+/t17-/m0/s1. The maximum Gasteiger partial charge on any atom is 0.244 e. The van der Waals surface area contributed by atoms with E-state index >= 15 is 0 Å². The van der Waals surface area contributed by atoms with E-state index in [0.717, 1.165) is 29.0 Å². The number of fused-ring (bicyclic) bond motifs is 1. The molecule has 1 amide bonds. The Bertz CT molecular complexity index is 768. The van der Waals surface area contributed by atoms with E-state index in [4.69, 9.17) is 14.2 Å². The van der Waals surface area contributed by atoms with Crippen LogP contribution < -0.4 is 19.5 Å². The first kappa shape index (κ1) is 16.9. The molecule has 0 unspecified atom stereocenters. The van der Waals surface area contributed by atoms with Gasteiger partial charge in [0, 0.05) is 6.08 Å². The van der Waals surface area contributed by atoms with E-state index in [9.17, 15) is 4.79 Å². The monoisotopic (exact) mass is 339 g/mol. The number of rotatable bonds is 6. The molecule has 5 nitrogen and oxygen atoms in total. The van der Waals surface area contributed by atoms with Crippen molar-refractivity contribution in [2.75, 3.05) is 13.9 Å². The van der Waals surface area contributed by atoms with Crippen molar-refractivity contribution in [2.45, 2.75) is 19.4 Å². The Morgan fingerprint density at radius 2 is 1.96 bits per heavy atom. The molecular formula is C20H21NO4. The predicted octanol–water partition coefficient (Wildman–Crippen LogP) is 3.70. The molecule has 3 rings (SSSR count). The lowest BCUT2D eigenvalue weighted by Gasteiger charge is -2.16. The van der Waals surface area contributed by atoms with Crippen molar-refractivity contribution >= 4 is 12.0 Å². The lowest BCUT2D eigenvalue weighted by Crippen LogP contribution is -2.26. The van der Waals surface area contributed by atoms with Crippen molar-refractivity contribution in [3.63, 3.8) is 0 Å². The first-order valence-corrected chi connectivity index (χ1v) is 8.21. The van der Waals surface area contributed by atoms with Gasteiger partial charge in [-0.3, -0.25) is 4.79 Å². The molecule has 0 saturated carbocycles. The molecule has 5 heteroatoms. The lowest BCUT2D eigenvalue weighted by atomic mass is 10.0. The molecule has 0 bridgehead atoms. The summed E-state index contributed by atoms with van der Waals surface area (Å²) >= 11 is 0. The Kier molecular flexibility index (Phi) is 5.23. The first-order valence-electron chi connectivity index (χ1n) is 8.21. The molecule has 0 aromatic heterocycles. The lowest BCUT2D eigenvalue weighted by molar-refractivity contribution is -0.117. The Balaban J connectivity index is 1.63. The van der Waals surface area contributed by atoms with Crippen molar-refractivity contribution < 1.29 is 19.0 Å². The SMILES string of the molecule is CC[C@H](NC(=O)/C=C/c1ccc2c(c1)OCO2)c1ccc(OC)cc1. The quantitative estimate of drug-likeness (QED) is 0.815. The average molecular weight is 339 g/mol. The van der Waals surface area contributed by atoms with Crippen LogP contribution in [0.3, 0.4) is 0 Å². The van der Waals surface area contributed by atoms with Gasteiger partial charge < -0.3 is 19.5 Å². The van der Waals surface area contributed by atoms with Gasteiger partial charge in [0.15, 0.2) is 11.5 Å². The van der Waals surface area contributed by atoms with E-state index in [-0.39, 0.29) is 18.7 Å². The zero-order chi connectivity index (χ0) is 17.6. The number of carbonyl (C=O) groups is 1. The molecule has 1 atom stereocenters. The minimum atomic E-state index is -0.139. The molecule has 2 aromatic carbocycles. The van der Waals surface area contributed by atoms with Gasteiger partial charge in [0.1, 0.15) is 5.75 Å². The van der Waals surface area contributed by atoms with Gasteiger partial charge in [-0.15, -0.1) is 0 Å². The summed E-state index contributed by atoms with van der Waals surface area (Å²) in [6.07, 6.45) is 4.09. The number of methoxy groups -OCH3 is 1. The molecule has 0 saturated heterocycles. The van der Waals surface area contributed by atoms with Gasteiger partial charge in [-0.25, -0.2) is 0 Å². The van der Waals surface area contributed by atoms with Crippen LogP contribution in [0.25, 0.3) is 6.08 Å². The second-order valence-electron chi connectivity index (χ2n) is 5.69. The zero-order valence-electron chi connectivity index (χ0n) is 14.3. The van der Waals surface area contributed by atoms with Crippen molar-refractivity contribution in [1.29, 1.82) is 0 Å².